The highest BCUT2D eigenvalue weighted by molar-refractivity contribution is 5.92. The van der Waals surface area contributed by atoms with E-state index in [2.05, 4.69) is 20.3 Å². The van der Waals surface area contributed by atoms with Crippen LogP contribution in [0.4, 0.5) is 5.82 Å². The normalized spacial score (nSPS) is 13.8. The first-order chi connectivity index (χ1) is 15.0. The Labute approximate surface area is 178 Å². The zero-order valence-electron chi connectivity index (χ0n) is 17.3. The molecular formula is C21H23N5O5. The third-order valence-corrected chi connectivity index (χ3v) is 4.91. The zero-order valence-corrected chi connectivity index (χ0v) is 17.3. The number of aryl methyl sites for hydroxylation is 1. The van der Waals surface area contributed by atoms with Crippen molar-refractivity contribution < 1.29 is 23.8 Å². The van der Waals surface area contributed by atoms with Crippen LogP contribution in [-0.4, -0.2) is 64.3 Å². The summed E-state index contributed by atoms with van der Waals surface area (Å²) in [4.78, 5) is 27.3. The molecule has 3 heterocycles. The monoisotopic (exact) mass is 425 g/mol. The SMILES string of the molecule is COc1cc(-c2nc(CNc3cncc(C(=O)N4CCOCC4)n3)c(C)o2)ccc1O. The number of rotatable bonds is 6. The van der Waals surface area contributed by atoms with Crippen LogP contribution in [0, 0.1) is 6.92 Å². The van der Waals surface area contributed by atoms with Gasteiger partial charge in [-0.05, 0) is 25.1 Å². The molecule has 1 aliphatic heterocycles. The molecule has 2 aromatic heterocycles. The number of phenolic OH excluding ortho intramolecular Hbond substituents is 1. The minimum absolute atomic E-state index is 0.0431. The van der Waals surface area contributed by atoms with E-state index >= 15 is 0 Å². The molecule has 10 heteroatoms. The highest BCUT2D eigenvalue weighted by Crippen LogP contribution is 2.31. The number of hydrogen-bond acceptors (Lipinski definition) is 9. The summed E-state index contributed by atoms with van der Waals surface area (Å²) in [6.07, 6.45) is 3.01. The van der Waals surface area contributed by atoms with Gasteiger partial charge in [0.1, 0.15) is 23.0 Å². The lowest BCUT2D eigenvalue weighted by atomic mass is 10.2. The number of nitrogens with zero attached hydrogens (tertiary/aromatic N) is 4. The quantitative estimate of drug-likeness (QED) is 0.612. The first-order valence-electron chi connectivity index (χ1n) is 9.82. The van der Waals surface area contributed by atoms with Gasteiger partial charge in [0.2, 0.25) is 5.89 Å². The van der Waals surface area contributed by atoms with E-state index in [9.17, 15) is 9.90 Å². The summed E-state index contributed by atoms with van der Waals surface area (Å²) >= 11 is 0. The van der Waals surface area contributed by atoms with E-state index in [4.69, 9.17) is 13.9 Å². The van der Waals surface area contributed by atoms with Crippen LogP contribution < -0.4 is 10.1 Å². The van der Waals surface area contributed by atoms with Crippen molar-refractivity contribution in [3.63, 3.8) is 0 Å². The van der Waals surface area contributed by atoms with Crippen molar-refractivity contribution >= 4 is 11.7 Å². The van der Waals surface area contributed by atoms with Gasteiger partial charge in [0.15, 0.2) is 11.5 Å². The number of nitrogens with one attached hydrogen (secondary N) is 1. The molecule has 3 aromatic rings. The fraction of sp³-hybridized carbons (Fsp3) is 0.333. The van der Waals surface area contributed by atoms with Crippen molar-refractivity contribution in [3.05, 3.63) is 47.7 Å². The molecule has 0 radical (unpaired) electrons. The lowest BCUT2D eigenvalue weighted by molar-refractivity contribution is 0.0299. The Balaban J connectivity index is 1.46. The Kier molecular flexibility index (Phi) is 5.99. The van der Waals surface area contributed by atoms with E-state index in [-0.39, 0.29) is 17.4 Å². The average Bonchev–Trinajstić information content (AvgIpc) is 3.18. The van der Waals surface area contributed by atoms with Crippen molar-refractivity contribution in [2.75, 3.05) is 38.7 Å². The number of hydrogen-bond donors (Lipinski definition) is 2. The van der Waals surface area contributed by atoms with Crippen molar-refractivity contribution in [1.82, 2.24) is 19.9 Å². The van der Waals surface area contributed by atoms with E-state index in [1.54, 1.807) is 23.2 Å². The van der Waals surface area contributed by atoms with Crippen LogP contribution in [0.15, 0.2) is 35.0 Å². The Morgan fingerprint density at radius 2 is 2.06 bits per heavy atom. The van der Waals surface area contributed by atoms with Crippen molar-refractivity contribution in [2.24, 2.45) is 0 Å². The predicted molar refractivity (Wildman–Crippen MR) is 111 cm³/mol. The number of aromatic nitrogens is 3. The molecule has 10 nitrogen and oxygen atoms in total. The highest BCUT2D eigenvalue weighted by atomic mass is 16.5. The third kappa shape index (κ3) is 4.58. The van der Waals surface area contributed by atoms with Gasteiger partial charge in [-0.15, -0.1) is 0 Å². The van der Waals surface area contributed by atoms with Crippen LogP contribution in [0.3, 0.4) is 0 Å². The largest absolute Gasteiger partial charge is 0.504 e. The molecule has 1 saturated heterocycles. The topological polar surface area (TPSA) is 123 Å². The maximum atomic E-state index is 12.6. The van der Waals surface area contributed by atoms with Crippen LogP contribution in [0.1, 0.15) is 21.9 Å². The molecule has 1 aliphatic rings. The molecule has 4 rings (SSSR count). The second kappa shape index (κ2) is 9.00. The highest BCUT2D eigenvalue weighted by Gasteiger charge is 2.20. The molecule has 0 atom stereocenters. The van der Waals surface area contributed by atoms with Crippen LogP contribution in [0.5, 0.6) is 11.5 Å². The number of oxazole rings is 1. The lowest BCUT2D eigenvalue weighted by Crippen LogP contribution is -2.41. The summed E-state index contributed by atoms with van der Waals surface area (Å²) in [5.74, 6) is 1.74. The number of amides is 1. The Hall–Kier alpha value is -3.66. The fourth-order valence-corrected chi connectivity index (χ4v) is 3.18. The molecule has 0 saturated carbocycles. The first-order valence-corrected chi connectivity index (χ1v) is 9.82. The van der Waals surface area contributed by atoms with Gasteiger partial charge in [-0.3, -0.25) is 9.78 Å². The molecule has 31 heavy (non-hydrogen) atoms. The number of methoxy groups -OCH3 is 1. The second-order valence-corrected chi connectivity index (χ2v) is 6.96. The number of benzene rings is 1. The number of ether oxygens (including phenoxy) is 2. The summed E-state index contributed by atoms with van der Waals surface area (Å²) in [7, 11) is 1.48. The summed E-state index contributed by atoms with van der Waals surface area (Å²) in [5.41, 5.74) is 1.65. The van der Waals surface area contributed by atoms with Gasteiger partial charge in [0, 0.05) is 18.7 Å². The molecule has 162 valence electrons. The fourth-order valence-electron chi connectivity index (χ4n) is 3.18. The molecule has 0 aliphatic carbocycles. The van der Waals surface area contributed by atoms with E-state index < -0.39 is 0 Å². The van der Waals surface area contributed by atoms with E-state index in [0.717, 1.165) is 0 Å². The van der Waals surface area contributed by atoms with Crippen LogP contribution in [0.25, 0.3) is 11.5 Å². The summed E-state index contributed by atoms with van der Waals surface area (Å²) in [6, 6.07) is 4.88. The average molecular weight is 425 g/mol. The van der Waals surface area contributed by atoms with Crippen molar-refractivity contribution in [3.8, 4) is 23.0 Å². The van der Waals surface area contributed by atoms with Crippen LogP contribution in [-0.2, 0) is 11.3 Å². The van der Waals surface area contributed by atoms with Crippen LogP contribution in [0.2, 0.25) is 0 Å². The van der Waals surface area contributed by atoms with Gasteiger partial charge >= 0.3 is 0 Å². The Morgan fingerprint density at radius 3 is 2.84 bits per heavy atom. The lowest BCUT2D eigenvalue weighted by Gasteiger charge is -2.26. The van der Waals surface area contributed by atoms with Gasteiger partial charge < -0.3 is 29.2 Å². The molecule has 1 fully saturated rings. The minimum atomic E-state index is -0.166. The predicted octanol–water partition coefficient (Wildman–Crippen LogP) is 2.24. The molecule has 1 aromatic carbocycles. The molecule has 0 spiro atoms. The molecule has 2 N–H and O–H groups in total. The first kappa shape index (κ1) is 20.6. The van der Waals surface area contributed by atoms with Gasteiger partial charge in [0.25, 0.3) is 5.91 Å². The van der Waals surface area contributed by atoms with Gasteiger partial charge in [-0.25, -0.2) is 9.97 Å². The van der Waals surface area contributed by atoms with Crippen molar-refractivity contribution in [1.29, 1.82) is 0 Å². The Morgan fingerprint density at radius 1 is 1.26 bits per heavy atom. The second-order valence-electron chi connectivity index (χ2n) is 6.96. The third-order valence-electron chi connectivity index (χ3n) is 4.91. The number of morpholine rings is 1. The summed E-state index contributed by atoms with van der Waals surface area (Å²) in [5, 5.41) is 12.9. The summed E-state index contributed by atoms with van der Waals surface area (Å²) < 4.78 is 16.2. The van der Waals surface area contributed by atoms with E-state index in [1.165, 1.54) is 19.4 Å². The number of aromatic hydroxyl groups is 1. The number of anilines is 1. The van der Waals surface area contributed by atoms with Gasteiger partial charge in [-0.2, -0.15) is 0 Å². The smallest absolute Gasteiger partial charge is 0.274 e. The molecular weight excluding hydrogens is 402 g/mol. The molecule has 1 amide bonds. The van der Waals surface area contributed by atoms with Crippen molar-refractivity contribution in [2.45, 2.75) is 13.5 Å². The van der Waals surface area contributed by atoms with E-state index in [1.807, 2.05) is 6.92 Å². The van der Waals surface area contributed by atoms with Crippen LogP contribution >= 0.6 is 0 Å². The van der Waals surface area contributed by atoms with Gasteiger partial charge in [-0.1, -0.05) is 0 Å². The number of phenols is 1. The van der Waals surface area contributed by atoms with E-state index in [0.29, 0.717) is 67.3 Å². The minimum Gasteiger partial charge on any atom is -0.504 e. The maximum Gasteiger partial charge on any atom is 0.274 e. The zero-order chi connectivity index (χ0) is 21.8. The summed E-state index contributed by atoms with van der Waals surface area (Å²) in [6.45, 7) is 4.29. The van der Waals surface area contributed by atoms with Gasteiger partial charge in [0.05, 0.1) is 39.3 Å². The maximum absolute atomic E-state index is 12.6. The molecule has 0 bridgehead atoms. The Bertz CT molecular complexity index is 1080. The standard InChI is InChI=1S/C21H23N5O5/c1-13-15(25-20(31-13)14-3-4-17(27)18(9-14)29-2)11-23-19-12-22-10-16(24-19)21(28)26-5-7-30-8-6-26/h3-4,9-10,12,27H,5-8,11H2,1-2H3,(H,23,24). The number of carbonyl (C=O) groups excluding carboxylic acids is 1. The number of carbonyl (C=O) groups is 1. The molecule has 0 unspecified atom stereocenters.